The van der Waals surface area contributed by atoms with Gasteiger partial charge in [0.25, 0.3) is 0 Å². The van der Waals surface area contributed by atoms with Crippen LogP contribution in [0.3, 0.4) is 0 Å². The number of hydrogen-bond acceptors (Lipinski definition) is 4. The number of aromatic nitrogens is 2. The monoisotopic (exact) mass is 246 g/mol. The normalized spacial score (nSPS) is 10.2. The van der Waals surface area contributed by atoms with E-state index in [0.29, 0.717) is 12.2 Å². The van der Waals surface area contributed by atoms with Crippen LogP contribution in [-0.2, 0) is 6.54 Å². The summed E-state index contributed by atoms with van der Waals surface area (Å²) in [5.74, 6) is -1.02. The van der Waals surface area contributed by atoms with Gasteiger partial charge in [-0.1, -0.05) is 6.07 Å². The minimum atomic E-state index is -1.02. The first-order chi connectivity index (χ1) is 8.68. The average Bonchev–Trinajstić information content (AvgIpc) is 2.84. The molecule has 1 aromatic heterocycles. The third-order valence-corrected chi connectivity index (χ3v) is 2.58. The van der Waals surface area contributed by atoms with Crippen molar-refractivity contribution < 1.29 is 9.90 Å². The number of nitrogens with one attached hydrogen (secondary N) is 1. The molecule has 2 aromatic rings. The molecule has 0 saturated carbocycles. The quantitative estimate of drug-likeness (QED) is 0.691. The lowest BCUT2D eigenvalue weighted by Crippen LogP contribution is -2.12. The molecule has 1 aromatic carbocycles. The first-order valence-electron chi connectivity index (χ1n) is 5.50. The van der Waals surface area contributed by atoms with Crippen molar-refractivity contribution in [3.8, 4) is 0 Å². The van der Waals surface area contributed by atoms with Crippen LogP contribution in [0.15, 0.2) is 36.9 Å². The molecule has 18 heavy (non-hydrogen) atoms. The van der Waals surface area contributed by atoms with Crippen LogP contribution in [0.25, 0.3) is 0 Å². The Morgan fingerprint density at radius 1 is 1.50 bits per heavy atom. The molecule has 2 rings (SSSR count). The summed E-state index contributed by atoms with van der Waals surface area (Å²) in [6, 6.07) is 4.91. The maximum atomic E-state index is 10.9. The van der Waals surface area contributed by atoms with Gasteiger partial charge in [0.05, 0.1) is 23.3 Å². The molecule has 0 radical (unpaired) electrons. The van der Waals surface area contributed by atoms with Gasteiger partial charge in [-0.05, 0) is 12.1 Å². The number of benzene rings is 1. The highest BCUT2D eigenvalue weighted by atomic mass is 16.4. The summed E-state index contributed by atoms with van der Waals surface area (Å²) in [7, 11) is 0. The Kier molecular flexibility index (Phi) is 3.47. The van der Waals surface area contributed by atoms with E-state index >= 15 is 0 Å². The van der Waals surface area contributed by atoms with E-state index in [1.165, 1.54) is 6.07 Å². The first-order valence-corrected chi connectivity index (χ1v) is 5.50. The number of carbonyl (C=O) groups is 1. The minimum absolute atomic E-state index is 0.114. The van der Waals surface area contributed by atoms with Crippen LogP contribution in [0.4, 0.5) is 11.4 Å². The minimum Gasteiger partial charge on any atom is -0.478 e. The summed E-state index contributed by atoms with van der Waals surface area (Å²) < 4.78 is 1.92. The Morgan fingerprint density at radius 2 is 2.33 bits per heavy atom. The van der Waals surface area contributed by atoms with Gasteiger partial charge < -0.3 is 20.7 Å². The molecule has 0 aliphatic carbocycles. The molecule has 0 saturated heterocycles. The first kappa shape index (κ1) is 12.0. The number of carboxylic acids is 1. The van der Waals surface area contributed by atoms with Gasteiger partial charge >= 0.3 is 5.97 Å². The Hall–Kier alpha value is -2.50. The molecule has 0 bridgehead atoms. The van der Waals surface area contributed by atoms with Gasteiger partial charge in [0.15, 0.2) is 0 Å². The third-order valence-electron chi connectivity index (χ3n) is 2.58. The van der Waals surface area contributed by atoms with Crippen LogP contribution in [0.5, 0.6) is 0 Å². The van der Waals surface area contributed by atoms with Crippen molar-refractivity contribution in [3.63, 3.8) is 0 Å². The smallest absolute Gasteiger partial charge is 0.337 e. The van der Waals surface area contributed by atoms with E-state index in [0.717, 1.165) is 6.54 Å². The van der Waals surface area contributed by atoms with Gasteiger partial charge in [-0.25, -0.2) is 9.78 Å². The molecule has 0 atom stereocenters. The van der Waals surface area contributed by atoms with Crippen molar-refractivity contribution >= 4 is 17.3 Å². The van der Waals surface area contributed by atoms with Crippen molar-refractivity contribution in [2.24, 2.45) is 0 Å². The molecule has 0 fully saturated rings. The second kappa shape index (κ2) is 5.22. The highest BCUT2D eigenvalue weighted by Crippen LogP contribution is 2.22. The van der Waals surface area contributed by atoms with Gasteiger partial charge in [0.2, 0.25) is 0 Å². The van der Waals surface area contributed by atoms with Crippen LogP contribution < -0.4 is 11.1 Å². The molecule has 0 aliphatic rings. The molecule has 0 amide bonds. The number of nitrogens with zero attached hydrogens (tertiary/aromatic N) is 2. The van der Waals surface area contributed by atoms with Crippen LogP contribution in [0.2, 0.25) is 0 Å². The highest BCUT2D eigenvalue weighted by Gasteiger charge is 2.10. The van der Waals surface area contributed by atoms with Crippen LogP contribution in [-0.4, -0.2) is 27.2 Å². The number of para-hydroxylation sites is 1. The predicted octanol–water partition coefficient (Wildman–Crippen LogP) is 1.28. The second-order valence-electron chi connectivity index (χ2n) is 3.80. The molecule has 0 spiro atoms. The molecule has 6 heteroatoms. The van der Waals surface area contributed by atoms with Crippen molar-refractivity contribution in [2.45, 2.75) is 6.54 Å². The van der Waals surface area contributed by atoms with E-state index in [4.69, 9.17) is 10.8 Å². The van der Waals surface area contributed by atoms with E-state index in [1.807, 2.05) is 10.8 Å². The molecule has 6 nitrogen and oxygen atoms in total. The summed E-state index contributed by atoms with van der Waals surface area (Å²) in [4.78, 5) is 14.8. The standard InChI is InChI=1S/C12H14N4O2/c13-11-9(12(17)18)2-1-3-10(11)15-5-7-16-6-4-14-8-16/h1-4,6,8,15H,5,7,13H2,(H,17,18). The van der Waals surface area contributed by atoms with Gasteiger partial charge in [0.1, 0.15) is 0 Å². The number of aromatic carboxylic acids is 1. The number of nitrogen functional groups attached to an aromatic ring is 1. The van der Waals surface area contributed by atoms with Gasteiger partial charge in [-0.2, -0.15) is 0 Å². The molecular formula is C12H14N4O2. The summed E-state index contributed by atoms with van der Waals surface area (Å²) in [6.07, 6.45) is 5.29. The van der Waals surface area contributed by atoms with Gasteiger partial charge in [-0.15, -0.1) is 0 Å². The van der Waals surface area contributed by atoms with E-state index in [2.05, 4.69) is 10.3 Å². The molecular weight excluding hydrogens is 232 g/mol. The van der Waals surface area contributed by atoms with E-state index in [9.17, 15) is 4.79 Å². The summed E-state index contributed by atoms with van der Waals surface area (Å²) in [5.41, 5.74) is 6.79. The van der Waals surface area contributed by atoms with E-state index < -0.39 is 5.97 Å². The topological polar surface area (TPSA) is 93.2 Å². The highest BCUT2D eigenvalue weighted by molar-refractivity contribution is 5.97. The number of imidazole rings is 1. The Balaban J connectivity index is 2.01. The van der Waals surface area contributed by atoms with E-state index in [1.54, 1.807) is 24.7 Å². The summed E-state index contributed by atoms with van der Waals surface area (Å²) in [6.45, 7) is 1.38. The number of anilines is 2. The number of hydrogen-bond donors (Lipinski definition) is 3. The van der Waals surface area contributed by atoms with Crippen LogP contribution in [0, 0.1) is 0 Å². The van der Waals surface area contributed by atoms with Crippen molar-refractivity contribution in [1.29, 1.82) is 0 Å². The second-order valence-corrected chi connectivity index (χ2v) is 3.80. The summed E-state index contributed by atoms with van der Waals surface area (Å²) >= 11 is 0. The molecule has 94 valence electrons. The third kappa shape index (κ3) is 2.60. The number of rotatable bonds is 5. The summed E-state index contributed by atoms with van der Waals surface area (Å²) in [5, 5.41) is 12.1. The maximum absolute atomic E-state index is 10.9. The fraction of sp³-hybridized carbons (Fsp3) is 0.167. The Bertz CT molecular complexity index is 537. The molecule has 0 unspecified atom stereocenters. The SMILES string of the molecule is Nc1c(NCCn2ccnc2)cccc1C(=O)O. The largest absolute Gasteiger partial charge is 0.478 e. The Morgan fingerprint density at radius 3 is 3.00 bits per heavy atom. The Labute approximate surface area is 104 Å². The van der Waals surface area contributed by atoms with Crippen molar-refractivity contribution in [2.75, 3.05) is 17.6 Å². The van der Waals surface area contributed by atoms with Crippen molar-refractivity contribution in [1.82, 2.24) is 9.55 Å². The lowest BCUT2D eigenvalue weighted by molar-refractivity contribution is 0.0698. The van der Waals surface area contributed by atoms with Crippen LogP contribution in [0.1, 0.15) is 10.4 Å². The fourth-order valence-corrected chi connectivity index (χ4v) is 1.64. The van der Waals surface area contributed by atoms with Gasteiger partial charge in [-0.3, -0.25) is 0 Å². The van der Waals surface area contributed by atoms with Gasteiger partial charge in [0, 0.05) is 25.5 Å². The molecule has 4 N–H and O–H groups in total. The lowest BCUT2D eigenvalue weighted by Gasteiger charge is -2.11. The average molecular weight is 246 g/mol. The number of carboxylic acid groups (broad SMARTS) is 1. The predicted molar refractivity (Wildman–Crippen MR) is 68.5 cm³/mol. The number of nitrogens with two attached hydrogens (primary N) is 1. The zero-order chi connectivity index (χ0) is 13.0. The maximum Gasteiger partial charge on any atom is 0.337 e. The fourth-order valence-electron chi connectivity index (χ4n) is 1.64. The zero-order valence-electron chi connectivity index (χ0n) is 9.71. The van der Waals surface area contributed by atoms with Crippen molar-refractivity contribution in [3.05, 3.63) is 42.5 Å². The molecule has 1 heterocycles. The van der Waals surface area contributed by atoms with Crippen LogP contribution >= 0.6 is 0 Å². The lowest BCUT2D eigenvalue weighted by atomic mass is 10.1. The zero-order valence-corrected chi connectivity index (χ0v) is 9.71. The molecule has 0 aliphatic heterocycles. The van der Waals surface area contributed by atoms with E-state index in [-0.39, 0.29) is 11.3 Å².